The lowest BCUT2D eigenvalue weighted by Crippen LogP contribution is -2.24. The molecule has 3 heterocycles. The SMILES string of the molecule is O=C(NCc1cn2cc(Cl)ccc2n1)c1occc1CS(=O)(=O)c1ccccc1. The average molecular weight is 430 g/mol. The first kappa shape index (κ1) is 19.2. The Morgan fingerprint density at radius 1 is 1.10 bits per heavy atom. The number of hydrogen-bond acceptors (Lipinski definition) is 5. The summed E-state index contributed by atoms with van der Waals surface area (Å²) in [7, 11) is -3.60. The number of pyridine rings is 1. The molecule has 7 nitrogen and oxygen atoms in total. The molecule has 0 radical (unpaired) electrons. The van der Waals surface area contributed by atoms with Crippen LogP contribution < -0.4 is 5.32 Å². The van der Waals surface area contributed by atoms with E-state index in [1.807, 2.05) is 0 Å². The van der Waals surface area contributed by atoms with Crippen LogP contribution in [-0.2, 0) is 22.1 Å². The van der Waals surface area contributed by atoms with Gasteiger partial charge in [0.1, 0.15) is 5.65 Å². The van der Waals surface area contributed by atoms with E-state index in [2.05, 4.69) is 10.3 Å². The van der Waals surface area contributed by atoms with Crippen molar-refractivity contribution in [3.8, 4) is 0 Å². The molecule has 0 atom stereocenters. The number of amides is 1. The minimum absolute atomic E-state index is 0.0312. The molecule has 9 heteroatoms. The number of hydrogen-bond donors (Lipinski definition) is 1. The van der Waals surface area contributed by atoms with Crippen LogP contribution in [0.5, 0.6) is 0 Å². The van der Waals surface area contributed by atoms with Crippen LogP contribution in [0.1, 0.15) is 21.8 Å². The van der Waals surface area contributed by atoms with E-state index in [1.54, 1.807) is 47.1 Å². The quantitative estimate of drug-likeness (QED) is 0.506. The van der Waals surface area contributed by atoms with Crippen LogP contribution in [-0.4, -0.2) is 23.7 Å². The number of sulfone groups is 1. The van der Waals surface area contributed by atoms with Crippen molar-refractivity contribution in [2.75, 3.05) is 0 Å². The van der Waals surface area contributed by atoms with Gasteiger partial charge in [0.15, 0.2) is 15.6 Å². The molecule has 4 aromatic rings. The second kappa shape index (κ2) is 7.73. The largest absolute Gasteiger partial charge is 0.459 e. The highest BCUT2D eigenvalue weighted by molar-refractivity contribution is 7.90. The standard InChI is InChI=1S/C20H16ClN3O4S/c21-15-6-7-18-23-16(12-24(18)11-15)10-22-20(25)19-14(8-9-28-19)13-29(26,27)17-4-2-1-3-5-17/h1-9,11-12H,10,13H2,(H,22,25). The molecular formula is C20H16ClN3O4S. The topological polar surface area (TPSA) is 93.7 Å². The van der Waals surface area contributed by atoms with Crippen LogP contribution >= 0.6 is 11.6 Å². The molecule has 1 N–H and O–H groups in total. The van der Waals surface area contributed by atoms with Gasteiger partial charge in [-0.2, -0.15) is 0 Å². The van der Waals surface area contributed by atoms with E-state index in [0.29, 0.717) is 21.9 Å². The van der Waals surface area contributed by atoms with Gasteiger partial charge in [-0.1, -0.05) is 29.8 Å². The molecule has 0 unspecified atom stereocenters. The van der Waals surface area contributed by atoms with E-state index in [-0.39, 0.29) is 23.0 Å². The van der Waals surface area contributed by atoms with Gasteiger partial charge in [0.25, 0.3) is 5.91 Å². The van der Waals surface area contributed by atoms with E-state index in [1.165, 1.54) is 24.5 Å². The molecule has 0 saturated carbocycles. The first-order valence-corrected chi connectivity index (χ1v) is 10.7. The maximum absolute atomic E-state index is 12.6. The number of aromatic nitrogens is 2. The van der Waals surface area contributed by atoms with Crippen molar-refractivity contribution in [2.24, 2.45) is 0 Å². The number of nitrogens with one attached hydrogen (secondary N) is 1. The number of fused-ring (bicyclic) bond motifs is 1. The van der Waals surface area contributed by atoms with Gasteiger partial charge >= 0.3 is 0 Å². The fourth-order valence-corrected chi connectivity index (χ4v) is 4.46. The van der Waals surface area contributed by atoms with Gasteiger partial charge in [-0.25, -0.2) is 13.4 Å². The fraction of sp³-hybridized carbons (Fsp3) is 0.100. The lowest BCUT2D eigenvalue weighted by molar-refractivity contribution is 0.0921. The molecule has 0 bridgehead atoms. The lowest BCUT2D eigenvalue weighted by Gasteiger charge is -2.06. The molecule has 0 fully saturated rings. The zero-order chi connectivity index (χ0) is 20.4. The van der Waals surface area contributed by atoms with Gasteiger partial charge < -0.3 is 14.1 Å². The number of benzene rings is 1. The Morgan fingerprint density at radius 3 is 2.69 bits per heavy atom. The van der Waals surface area contributed by atoms with Gasteiger partial charge in [0, 0.05) is 18.0 Å². The predicted molar refractivity (Wildman–Crippen MR) is 107 cm³/mol. The molecule has 1 amide bonds. The van der Waals surface area contributed by atoms with Crippen LogP contribution in [0.2, 0.25) is 5.02 Å². The van der Waals surface area contributed by atoms with Gasteiger partial charge in [0.05, 0.1) is 34.2 Å². The highest BCUT2D eigenvalue weighted by Gasteiger charge is 2.22. The highest BCUT2D eigenvalue weighted by atomic mass is 35.5. The van der Waals surface area contributed by atoms with Crippen molar-refractivity contribution < 1.29 is 17.6 Å². The van der Waals surface area contributed by atoms with Crippen LogP contribution in [0.4, 0.5) is 0 Å². The summed E-state index contributed by atoms with van der Waals surface area (Å²) in [5.74, 6) is -0.872. The van der Waals surface area contributed by atoms with Crippen molar-refractivity contribution in [1.82, 2.24) is 14.7 Å². The first-order chi connectivity index (χ1) is 13.9. The lowest BCUT2D eigenvalue weighted by atomic mass is 10.2. The maximum Gasteiger partial charge on any atom is 0.287 e. The number of carbonyl (C=O) groups is 1. The normalized spacial score (nSPS) is 11.6. The van der Waals surface area contributed by atoms with Crippen molar-refractivity contribution in [2.45, 2.75) is 17.2 Å². The molecule has 0 aliphatic carbocycles. The summed E-state index contributed by atoms with van der Waals surface area (Å²) in [6.07, 6.45) is 4.77. The molecular weight excluding hydrogens is 414 g/mol. The Bertz CT molecular complexity index is 1280. The Kier molecular flexibility index (Phi) is 5.12. The Hall–Kier alpha value is -3.10. The fourth-order valence-electron chi connectivity index (χ4n) is 2.92. The molecule has 3 aromatic heterocycles. The number of imidazole rings is 1. The summed E-state index contributed by atoms with van der Waals surface area (Å²) in [6, 6.07) is 13.1. The summed E-state index contributed by atoms with van der Waals surface area (Å²) < 4.78 is 32.2. The number of carbonyl (C=O) groups excluding carboxylic acids is 1. The van der Waals surface area contributed by atoms with Crippen LogP contribution in [0.15, 0.2) is 76.5 Å². The van der Waals surface area contributed by atoms with E-state index >= 15 is 0 Å². The van der Waals surface area contributed by atoms with Crippen molar-refractivity contribution in [1.29, 1.82) is 0 Å². The average Bonchev–Trinajstić information content (AvgIpc) is 3.32. The molecule has 148 valence electrons. The van der Waals surface area contributed by atoms with E-state index in [0.717, 1.165) is 0 Å². The van der Waals surface area contributed by atoms with Gasteiger partial charge in [-0.15, -0.1) is 0 Å². The minimum Gasteiger partial charge on any atom is -0.459 e. The van der Waals surface area contributed by atoms with Gasteiger partial charge in [0.2, 0.25) is 0 Å². The van der Waals surface area contributed by atoms with Gasteiger partial charge in [-0.05, 0) is 30.3 Å². The smallest absolute Gasteiger partial charge is 0.287 e. The number of furan rings is 1. The summed E-state index contributed by atoms with van der Waals surface area (Å²) in [5.41, 5.74) is 1.63. The predicted octanol–water partition coefficient (Wildman–Crippen LogP) is 3.48. The molecule has 0 spiro atoms. The summed E-state index contributed by atoms with van der Waals surface area (Å²) >= 11 is 5.96. The Labute approximate surface area is 171 Å². The molecule has 0 aliphatic rings. The molecule has 0 aliphatic heterocycles. The van der Waals surface area contributed by atoms with E-state index in [9.17, 15) is 13.2 Å². The highest BCUT2D eigenvalue weighted by Crippen LogP contribution is 2.20. The van der Waals surface area contributed by atoms with E-state index < -0.39 is 15.7 Å². The third-order valence-corrected chi connectivity index (χ3v) is 6.20. The maximum atomic E-state index is 12.6. The number of rotatable bonds is 6. The summed E-state index contributed by atoms with van der Waals surface area (Å²) in [4.78, 5) is 17.1. The zero-order valence-corrected chi connectivity index (χ0v) is 16.7. The third kappa shape index (κ3) is 4.18. The van der Waals surface area contributed by atoms with Crippen molar-refractivity contribution in [3.05, 3.63) is 89.2 Å². The Balaban J connectivity index is 1.48. The zero-order valence-electron chi connectivity index (χ0n) is 15.1. The number of nitrogens with zero attached hydrogens (tertiary/aromatic N) is 2. The Morgan fingerprint density at radius 2 is 1.90 bits per heavy atom. The second-order valence-corrected chi connectivity index (χ2v) is 8.80. The molecule has 29 heavy (non-hydrogen) atoms. The molecule has 4 rings (SSSR count). The van der Waals surface area contributed by atoms with E-state index in [4.69, 9.17) is 16.0 Å². The third-order valence-electron chi connectivity index (χ3n) is 4.30. The van der Waals surface area contributed by atoms with Gasteiger partial charge in [-0.3, -0.25) is 4.79 Å². The number of halogens is 1. The van der Waals surface area contributed by atoms with Crippen LogP contribution in [0.25, 0.3) is 5.65 Å². The second-order valence-electron chi connectivity index (χ2n) is 6.37. The molecule has 1 aromatic carbocycles. The minimum atomic E-state index is -3.60. The summed E-state index contributed by atoms with van der Waals surface area (Å²) in [5, 5.41) is 3.28. The van der Waals surface area contributed by atoms with Crippen molar-refractivity contribution >= 4 is 33.0 Å². The van der Waals surface area contributed by atoms with Crippen LogP contribution in [0.3, 0.4) is 0 Å². The van der Waals surface area contributed by atoms with Crippen molar-refractivity contribution in [3.63, 3.8) is 0 Å². The van der Waals surface area contributed by atoms with Crippen LogP contribution in [0, 0.1) is 0 Å². The first-order valence-electron chi connectivity index (χ1n) is 8.68. The summed E-state index contributed by atoms with van der Waals surface area (Å²) in [6.45, 7) is 0.156. The monoisotopic (exact) mass is 429 g/mol. The molecule has 0 saturated heterocycles.